The van der Waals surface area contributed by atoms with Gasteiger partial charge in [0.15, 0.2) is 0 Å². The molecule has 112 valence electrons. The normalized spacial score (nSPS) is 31.3. The van der Waals surface area contributed by atoms with Crippen molar-refractivity contribution < 1.29 is 9.84 Å². The lowest BCUT2D eigenvalue weighted by Crippen LogP contribution is -2.29. The summed E-state index contributed by atoms with van der Waals surface area (Å²) in [5.41, 5.74) is 0. The van der Waals surface area contributed by atoms with Crippen molar-refractivity contribution in [2.24, 2.45) is 17.8 Å². The Kier molecular flexibility index (Phi) is 6.66. The Hall–Kier alpha value is -0.0800. The lowest BCUT2D eigenvalue weighted by Gasteiger charge is -2.33. The van der Waals surface area contributed by atoms with Crippen molar-refractivity contribution in [1.29, 1.82) is 0 Å². The van der Waals surface area contributed by atoms with Gasteiger partial charge in [-0.3, -0.25) is 0 Å². The van der Waals surface area contributed by atoms with E-state index in [2.05, 4.69) is 6.92 Å². The molecule has 2 rings (SSSR count). The number of ether oxygens (including phenoxy) is 1. The van der Waals surface area contributed by atoms with Crippen LogP contribution >= 0.6 is 0 Å². The second-order valence-corrected chi connectivity index (χ2v) is 6.78. The Morgan fingerprint density at radius 3 is 2.32 bits per heavy atom. The Balaban J connectivity index is 1.65. The SMILES string of the molecule is CCCCC1CCC(C(O)CC2CCOCC2)CC1. The van der Waals surface area contributed by atoms with Crippen LogP contribution in [-0.2, 0) is 4.74 Å². The third-order valence-corrected chi connectivity index (χ3v) is 5.32. The summed E-state index contributed by atoms with van der Waals surface area (Å²) in [6, 6.07) is 0. The Morgan fingerprint density at radius 2 is 1.68 bits per heavy atom. The summed E-state index contributed by atoms with van der Waals surface area (Å²) in [7, 11) is 0. The maximum atomic E-state index is 10.4. The van der Waals surface area contributed by atoms with E-state index in [9.17, 15) is 5.11 Å². The Bertz CT molecular complexity index is 227. The van der Waals surface area contributed by atoms with Crippen molar-refractivity contribution in [2.75, 3.05) is 13.2 Å². The molecule has 0 spiro atoms. The van der Waals surface area contributed by atoms with E-state index in [1.54, 1.807) is 0 Å². The van der Waals surface area contributed by atoms with Crippen LogP contribution in [0.1, 0.15) is 71.1 Å². The maximum absolute atomic E-state index is 10.4. The van der Waals surface area contributed by atoms with Crippen LogP contribution in [-0.4, -0.2) is 24.4 Å². The smallest absolute Gasteiger partial charge is 0.0571 e. The summed E-state index contributed by atoms with van der Waals surface area (Å²) in [6.45, 7) is 4.09. The third-order valence-electron chi connectivity index (χ3n) is 5.32. The van der Waals surface area contributed by atoms with Gasteiger partial charge in [0.1, 0.15) is 0 Å². The predicted octanol–water partition coefficient (Wildman–Crippen LogP) is 4.16. The number of hydrogen-bond donors (Lipinski definition) is 1. The van der Waals surface area contributed by atoms with Crippen molar-refractivity contribution in [3.05, 3.63) is 0 Å². The van der Waals surface area contributed by atoms with Crippen molar-refractivity contribution in [3.8, 4) is 0 Å². The van der Waals surface area contributed by atoms with Crippen LogP contribution < -0.4 is 0 Å². The molecule has 2 nitrogen and oxygen atoms in total. The van der Waals surface area contributed by atoms with Gasteiger partial charge in [0, 0.05) is 13.2 Å². The van der Waals surface area contributed by atoms with E-state index in [-0.39, 0.29) is 6.10 Å². The third kappa shape index (κ3) is 5.07. The molecule has 1 unspecified atom stereocenters. The summed E-state index contributed by atoms with van der Waals surface area (Å²) < 4.78 is 5.40. The van der Waals surface area contributed by atoms with Gasteiger partial charge < -0.3 is 9.84 Å². The molecule has 2 heteroatoms. The molecule has 19 heavy (non-hydrogen) atoms. The fraction of sp³-hybridized carbons (Fsp3) is 1.00. The van der Waals surface area contributed by atoms with Gasteiger partial charge in [-0.2, -0.15) is 0 Å². The summed E-state index contributed by atoms with van der Waals surface area (Å²) in [6.07, 6.45) is 12.7. The fourth-order valence-corrected chi connectivity index (χ4v) is 3.87. The van der Waals surface area contributed by atoms with E-state index in [0.717, 1.165) is 38.4 Å². The molecular formula is C17H32O2. The van der Waals surface area contributed by atoms with Gasteiger partial charge in [-0.05, 0) is 49.9 Å². The van der Waals surface area contributed by atoms with Crippen LogP contribution in [0.15, 0.2) is 0 Å². The highest BCUT2D eigenvalue weighted by Gasteiger charge is 2.28. The minimum absolute atomic E-state index is 0.0461. The van der Waals surface area contributed by atoms with Crippen LogP contribution in [0, 0.1) is 17.8 Å². The number of rotatable bonds is 6. The molecule has 2 fully saturated rings. The van der Waals surface area contributed by atoms with Crippen molar-refractivity contribution >= 4 is 0 Å². The van der Waals surface area contributed by atoms with Gasteiger partial charge in [0.05, 0.1) is 6.10 Å². The maximum Gasteiger partial charge on any atom is 0.0571 e. The molecule has 2 aliphatic rings. The van der Waals surface area contributed by atoms with Gasteiger partial charge in [-0.1, -0.05) is 39.0 Å². The molecule has 0 amide bonds. The molecule has 1 N–H and O–H groups in total. The number of aliphatic hydroxyl groups excluding tert-OH is 1. The van der Waals surface area contributed by atoms with E-state index in [0.29, 0.717) is 11.8 Å². The van der Waals surface area contributed by atoms with E-state index in [1.165, 1.54) is 44.9 Å². The van der Waals surface area contributed by atoms with E-state index in [4.69, 9.17) is 4.74 Å². The predicted molar refractivity (Wildman–Crippen MR) is 79.1 cm³/mol. The lowest BCUT2D eigenvalue weighted by molar-refractivity contribution is 0.0163. The van der Waals surface area contributed by atoms with Crippen LogP contribution in [0.4, 0.5) is 0 Å². The molecule has 0 aromatic heterocycles. The molecule has 1 heterocycles. The van der Waals surface area contributed by atoms with Crippen molar-refractivity contribution in [1.82, 2.24) is 0 Å². The average Bonchev–Trinajstić information content (AvgIpc) is 2.46. The molecule has 1 aliphatic heterocycles. The van der Waals surface area contributed by atoms with Gasteiger partial charge in [-0.25, -0.2) is 0 Å². The molecule has 0 aromatic rings. The molecule has 1 atom stereocenters. The molecule has 1 saturated heterocycles. The van der Waals surface area contributed by atoms with E-state index in [1.807, 2.05) is 0 Å². The van der Waals surface area contributed by atoms with Crippen LogP contribution in [0.2, 0.25) is 0 Å². The highest BCUT2D eigenvalue weighted by Crippen LogP contribution is 2.35. The first-order valence-corrected chi connectivity index (χ1v) is 8.55. The average molecular weight is 268 g/mol. The minimum Gasteiger partial charge on any atom is -0.393 e. The number of aliphatic hydroxyl groups is 1. The summed E-state index contributed by atoms with van der Waals surface area (Å²) in [5, 5.41) is 10.4. The second kappa shape index (κ2) is 8.26. The van der Waals surface area contributed by atoms with E-state index < -0.39 is 0 Å². The van der Waals surface area contributed by atoms with Gasteiger partial charge >= 0.3 is 0 Å². The van der Waals surface area contributed by atoms with Crippen LogP contribution in [0.5, 0.6) is 0 Å². The summed E-state index contributed by atoms with van der Waals surface area (Å²) in [5.74, 6) is 2.24. The molecule has 0 bridgehead atoms. The summed E-state index contributed by atoms with van der Waals surface area (Å²) >= 11 is 0. The Morgan fingerprint density at radius 1 is 1.00 bits per heavy atom. The molecule has 1 saturated carbocycles. The Labute approximate surface area is 118 Å². The minimum atomic E-state index is -0.0461. The zero-order valence-corrected chi connectivity index (χ0v) is 12.7. The van der Waals surface area contributed by atoms with Gasteiger partial charge in [0.25, 0.3) is 0 Å². The standard InChI is InChI=1S/C17H32O2/c1-2-3-4-14-5-7-16(8-6-14)17(18)13-15-9-11-19-12-10-15/h14-18H,2-13H2,1H3. The number of unbranched alkanes of at least 4 members (excludes halogenated alkanes) is 1. The van der Waals surface area contributed by atoms with Crippen molar-refractivity contribution in [2.45, 2.75) is 77.2 Å². The topological polar surface area (TPSA) is 29.5 Å². The molecule has 0 radical (unpaired) electrons. The molecular weight excluding hydrogens is 236 g/mol. The quantitative estimate of drug-likeness (QED) is 0.783. The highest BCUT2D eigenvalue weighted by atomic mass is 16.5. The highest BCUT2D eigenvalue weighted by molar-refractivity contribution is 4.79. The van der Waals surface area contributed by atoms with Gasteiger partial charge in [-0.15, -0.1) is 0 Å². The zero-order chi connectivity index (χ0) is 13.5. The second-order valence-electron chi connectivity index (χ2n) is 6.78. The van der Waals surface area contributed by atoms with Crippen LogP contribution in [0.3, 0.4) is 0 Å². The fourth-order valence-electron chi connectivity index (χ4n) is 3.87. The van der Waals surface area contributed by atoms with Crippen molar-refractivity contribution in [3.63, 3.8) is 0 Å². The summed E-state index contributed by atoms with van der Waals surface area (Å²) in [4.78, 5) is 0. The zero-order valence-electron chi connectivity index (χ0n) is 12.7. The number of hydrogen-bond acceptors (Lipinski definition) is 2. The monoisotopic (exact) mass is 268 g/mol. The van der Waals surface area contributed by atoms with Gasteiger partial charge in [0.2, 0.25) is 0 Å². The first-order chi connectivity index (χ1) is 9.29. The first kappa shape index (κ1) is 15.3. The largest absolute Gasteiger partial charge is 0.393 e. The lowest BCUT2D eigenvalue weighted by atomic mass is 9.75. The van der Waals surface area contributed by atoms with Crippen LogP contribution in [0.25, 0.3) is 0 Å². The van der Waals surface area contributed by atoms with E-state index >= 15 is 0 Å². The first-order valence-electron chi connectivity index (χ1n) is 8.55. The molecule has 1 aliphatic carbocycles. The molecule has 0 aromatic carbocycles.